The van der Waals surface area contributed by atoms with Gasteiger partial charge in [-0.05, 0) is 46.0 Å². The number of halogens is 3. The average Bonchev–Trinajstić information content (AvgIpc) is 2.33. The second-order valence-corrected chi connectivity index (χ2v) is 4.99. The maximum atomic E-state index is 11.9. The lowest BCUT2D eigenvalue weighted by Gasteiger charge is -2.05. The molecule has 4 heteroatoms. The third-order valence-corrected chi connectivity index (χ3v) is 2.83. The Hall–Kier alpha value is -1.06. The van der Waals surface area contributed by atoms with Crippen LogP contribution in [0.5, 0.6) is 0 Å². The fraction of sp³-hybridized carbons (Fsp3) is 0.688. The van der Waals surface area contributed by atoms with Crippen molar-refractivity contribution in [3.8, 4) is 0 Å². The van der Waals surface area contributed by atoms with Gasteiger partial charge in [0.05, 0.1) is 0 Å². The van der Waals surface area contributed by atoms with Gasteiger partial charge in [0.1, 0.15) is 0 Å². The number of allylic oxidation sites excluding steroid dienone is 3. The fourth-order valence-electron chi connectivity index (χ4n) is 1.77. The number of nitrogens with zero attached hydrogens (tertiary/aromatic N) is 1. The van der Waals surface area contributed by atoms with E-state index in [0.29, 0.717) is 19.4 Å². The summed E-state index contributed by atoms with van der Waals surface area (Å²) in [6.45, 7) is 6.76. The molecule has 0 saturated heterocycles. The summed E-state index contributed by atoms with van der Waals surface area (Å²) in [5.41, 5.74) is 2.20. The largest absolute Gasteiger partial charge is 0.389 e. The number of alkyl halides is 3. The van der Waals surface area contributed by atoms with Gasteiger partial charge in [-0.2, -0.15) is 13.2 Å². The van der Waals surface area contributed by atoms with E-state index < -0.39 is 12.6 Å². The van der Waals surface area contributed by atoms with Crippen molar-refractivity contribution in [3.63, 3.8) is 0 Å². The minimum Gasteiger partial charge on any atom is -0.294 e. The van der Waals surface area contributed by atoms with E-state index >= 15 is 0 Å². The number of rotatable bonds is 9. The lowest BCUT2D eigenvalue weighted by molar-refractivity contribution is -0.135. The van der Waals surface area contributed by atoms with Crippen LogP contribution >= 0.6 is 0 Å². The Morgan fingerprint density at radius 1 is 1.15 bits per heavy atom. The first-order valence-electron chi connectivity index (χ1n) is 7.25. The Labute approximate surface area is 120 Å². The first kappa shape index (κ1) is 18.9. The Balaban J connectivity index is 3.73. The van der Waals surface area contributed by atoms with E-state index in [2.05, 4.69) is 37.1 Å². The summed E-state index contributed by atoms with van der Waals surface area (Å²) in [4.78, 5) is 4.37. The lowest BCUT2D eigenvalue weighted by Crippen LogP contribution is -2.06. The summed E-state index contributed by atoms with van der Waals surface area (Å²) in [5, 5.41) is 0. The van der Waals surface area contributed by atoms with E-state index in [4.69, 9.17) is 0 Å². The van der Waals surface area contributed by atoms with Gasteiger partial charge >= 0.3 is 6.18 Å². The normalized spacial score (nSPS) is 14.3. The summed E-state index contributed by atoms with van der Waals surface area (Å²) >= 11 is 0. The van der Waals surface area contributed by atoms with Crippen molar-refractivity contribution in [1.82, 2.24) is 0 Å². The number of aliphatic imine (C=N–C) groups is 1. The van der Waals surface area contributed by atoms with E-state index in [-0.39, 0.29) is 6.42 Å². The zero-order valence-electron chi connectivity index (χ0n) is 12.8. The molecule has 116 valence electrons. The molecule has 20 heavy (non-hydrogen) atoms. The van der Waals surface area contributed by atoms with Crippen LogP contribution in [0.3, 0.4) is 0 Å². The van der Waals surface area contributed by atoms with Crippen LogP contribution in [0.25, 0.3) is 0 Å². The molecule has 0 amide bonds. The first-order valence-corrected chi connectivity index (χ1v) is 7.25. The van der Waals surface area contributed by atoms with Crippen molar-refractivity contribution < 1.29 is 13.2 Å². The fourth-order valence-corrected chi connectivity index (χ4v) is 1.77. The minimum atomic E-state index is -4.03. The second-order valence-electron chi connectivity index (χ2n) is 4.99. The van der Waals surface area contributed by atoms with Gasteiger partial charge in [0, 0.05) is 18.7 Å². The molecule has 0 unspecified atom stereocenters. The van der Waals surface area contributed by atoms with Crippen LogP contribution in [0.2, 0.25) is 0 Å². The van der Waals surface area contributed by atoms with Gasteiger partial charge in [-0.15, -0.1) is 0 Å². The van der Waals surface area contributed by atoms with Gasteiger partial charge in [-0.1, -0.05) is 30.7 Å². The van der Waals surface area contributed by atoms with Crippen LogP contribution in [-0.4, -0.2) is 18.4 Å². The van der Waals surface area contributed by atoms with Crippen molar-refractivity contribution in [3.05, 3.63) is 23.8 Å². The number of hydrogen-bond donors (Lipinski definition) is 0. The van der Waals surface area contributed by atoms with Crippen LogP contribution < -0.4 is 0 Å². The highest BCUT2D eigenvalue weighted by atomic mass is 19.4. The lowest BCUT2D eigenvalue weighted by atomic mass is 10.1. The molecule has 0 aromatic rings. The molecule has 0 rings (SSSR count). The van der Waals surface area contributed by atoms with Gasteiger partial charge in [-0.25, -0.2) is 0 Å². The Bertz CT molecular complexity index is 338. The topological polar surface area (TPSA) is 12.4 Å². The second kappa shape index (κ2) is 10.7. The van der Waals surface area contributed by atoms with E-state index in [1.165, 1.54) is 5.57 Å². The molecule has 0 aromatic heterocycles. The number of hydrogen-bond acceptors (Lipinski definition) is 1. The van der Waals surface area contributed by atoms with Crippen molar-refractivity contribution in [1.29, 1.82) is 0 Å². The zero-order chi connectivity index (χ0) is 15.4. The molecule has 1 nitrogen and oxygen atoms in total. The zero-order valence-corrected chi connectivity index (χ0v) is 12.8. The summed E-state index contributed by atoms with van der Waals surface area (Å²) < 4.78 is 35.8. The molecule has 0 aliphatic carbocycles. The molecule has 0 saturated carbocycles. The molecule has 0 spiro atoms. The Morgan fingerprint density at radius 2 is 1.85 bits per heavy atom. The maximum Gasteiger partial charge on any atom is 0.389 e. The van der Waals surface area contributed by atoms with E-state index in [1.807, 2.05) is 6.92 Å². The average molecular weight is 289 g/mol. The SMILES string of the molecule is CC/C=C(C)\C=C/CCN=C(C)CCCCC(F)(F)F. The third-order valence-electron chi connectivity index (χ3n) is 2.83. The highest BCUT2D eigenvalue weighted by molar-refractivity contribution is 5.81. The monoisotopic (exact) mass is 289 g/mol. The smallest absolute Gasteiger partial charge is 0.294 e. The highest BCUT2D eigenvalue weighted by Gasteiger charge is 2.25. The van der Waals surface area contributed by atoms with E-state index in [1.54, 1.807) is 0 Å². The molecule has 0 aliphatic rings. The van der Waals surface area contributed by atoms with Crippen molar-refractivity contribution in [2.24, 2.45) is 4.99 Å². The van der Waals surface area contributed by atoms with Gasteiger partial charge in [-0.3, -0.25) is 4.99 Å². The number of unbranched alkanes of at least 4 members (excludes halogenated alkanes) is 1. The van der Waals surface area contributed by atoms with Crippen molar-refractivity contribution in [2.45, 2.75) is 65.5 Å². The van der Waals surface area contributed by atoms with Gasteiger partial charge in [0.15, 0.2) is 0 Å². The van der Waals surface area contributed by atoms with Crippen molar-refractivity contribution >= 4 is 5.71 Å². The third kappa shape index (κ3) is 13.4. The summed E-state index contributed by atoms with van der Waals surface area (Å²) in [7, 11) is 0. The molecule has 0 atom stereocenters. The molecular weight excluding hydrogens is 263 g/mol. The predicted molar refractivity (Wildman–Crippen MR) is 80.3 cm³/mol. The molecular formula is C16H26F3N. The molecule has 0 radical (unpaired) electrons. The molecule has 0 N–H and O–H groups in total. The molecule has 0 bridgehead atoms. The standard InChI is InChI=1S/C16H26F3N/c1-4-9-14(2)10-6-8-13-20-15(3)11-5-7-12-16(17,18)19/h6,9-10H,4-5,7-8,11-13H2,1-3H3/b10-6-,14-9-,20-15?. The van der Waals surface area contributed by atoms with Gasteiger partial charge < -0.3 is 0 Å². The van der Waals surface area contributed by atoms with Crippen LogP contribution in [0.1, 0.15) is 59.3 Å². The Kier molecular flexibility index (Phi) is 10.1. The van der Waals surface area contributed by atoms with Gasteiger partial charge in [0.2, 0.25) is 0 Å². The molecule has 0 heterocycles. The van der Waals surface area contributed by atoms with E-state index in [9.17, 15) is 13.2 Å². The molecule has 0 fully saturated rings. The molecule has 0 aliphatic heterocycles. The van der Waals surface area contributed by atoms with Crippen LogP contribution in [0, 0.1) is 0 Å². The predicted octanol–water partition coefficient (Wildman–Crippen LogP) is 5.87. The molecule has 0 aromatic carbocycles. The minimum absolute atomic E-state index is 0.192. The first-order chi connectivity index (χ1) is 9.35. The maximum absolute atomic E-state index is 11.9. The van der Waals surface area contributed by atoms with Crippen LogP contribution in [-0.2, 0) is 0 Å². The highest BCUT2D eigenvalue weighted by Crippen LogP contribution is 2.22. The van der Waals surface area contributed by atoms with Crippen LogP contribution in [0.4, 0.5) is 13.2 Å². The van der Waals surface area contributed by atoms with Crippen molar-refractivity contribution in [2.75, 3.05) is 6.54 Å². The Morgan fingerprint density at radius 3 is 2.45 bits per heavy atom. The summed E-state index contributed by atoms with van der Waals surface area (Å²) in [5.74, 6) is 0. The summed E-state index contributed by atoms with van der Waals surface area (Å²) in [6, 6.07) is 0. The van der Waals surface area contributed by atoms with Crippen LogP contribution in [0.15, 0.2) is 28.8 Å². The quantitative estimate of drug-likeness (QED) is 0.286. The van der Waals surface area contributed by atoms with Gasteiger partial charge in [0.25, 0.3) is 0 Å². The summed E-state index contributed by atoms with van der Waals surface area (Å²) in [6.07, 6.45) is 4.92. The van der Waals surface area contributed by atoms with E-state index in [0.717, 1.165) is 18.6 Å².